The molecule has 0 aliphatic rings. The SMILES string of the molecule is CCOC(=O)c1c(-c2ccc(OC)cc2)nc2c(N=Nc3cccc(C(F)(F)F)c3)c(=O)[nH]n2c1N. The van der Waals surface area contributed by atoms with E-state index in [0.29, 0.717) is 11.3 Å². The van der Waals surface area contributed by atoms with Gasteiger partial charge in [-0.1, -0.05) is 6.07 Å². The molecule has 36 heavy (non-hydrogen) atoms. The number of nitrogens with zero attached hydrogens (tertiary/aromatic N) is 4. The third-order valence-electron chi connectivity index (χ3n) is 5.09. The highest BCUT2D eigenvalue weighted by atomic mass is 19.4. The molecule has 0 aliphatic heterocycles. The lowest BCUT2D eigenvalue weighted by Crippen LogP contribution is -2.15. The summed E-state index contributed by atoms with van der Waals surface area (Å²) in [5, 5.41) is 10.0. The largest absolute Gasteiger partial charge is 0.497 e. The maximum Gasteiger partial charge on any atom is 0.416 e. The molecule has 0 atom stereocenters. The summed E-state index contributed by atoms with van der Waals surface area (Å²) in [5.41, 5.74) is 4.47. The molecule has 3 N–H and O–H groups in total. The number of rotatable bonds is 6. The molecule has 0 spiro atoms. The minimum atomic E-state index is -4.57. The summed E-state index contributed by atoms with van der Waals surface area (Å²) < 4.78 is 50.4. The highest BCUT2D eigenvalue weighted by molar-refractivity contribution is 6.01. The van der Waals surface area contributed by atoms with Gasteiger partial charge in [0.25, 0.3) is 5.56 Å². The van der Waals surface area contributed by atoms with Gasteiger partial charge in [-0.15, -0.1) is 5.11 Å². The molecule has 0 amide bonds. The monoisotopic (exact) mass is 500 g/mol. The van der Waals surface area contributed by atoms with Crippen LogP contribution in [-0.2, 0) is 10.9 Å². The summed E-state index contributed by atoms with van der Waals surface area (Å²) in [5.74, 6) is -0.391. The zero-order valence-electron chi connectivity index (χ0n) is 19.0. The van der Waals surface area contributed by atoms with Crippen LogP contribution in [0, 0.1) is 0 Å². The Morgan fingerprint density at radius 3 is 2.53 bits per heavy atom. The van der Waals surface area contributed by atoms with Crippen molar-refractivity contribution in [3.63, 3.8) is 0 Å². The van der Waals surface area contributed by atoms with Crippen molar-refractivity contribution >= 4 is 28.8 Å². The molecule has 186 valence electrons. The fourth-order valence-electron chi connectivity index (χ4n) is 3.39. The average Bonchev–Trinajstić information content (AvgIpc) is 3.17. The zero-order chi connectivity index (χ0) is 26.0. The van der Waals surface area contributed by atoms with E-state index in [2.05, 4.69) is 20.3 Å². The lowest BCUT2D eigenvalue weighted by molar-refractivity contribution is -0.137. The second-order valence-electron chi connectivity index (χ2n) is 7.37. The number of H-pyrrole nitrogens is 1. The van der Waals surface area contributed by atoms with Gasteiger partial charge in [0.15, 0.2) is 11.3 Å². The van der Waals surface area contributed by atoms with Crippen LogP contribution in [-0.4, -0.2) is 34.3 Å². The second kappa shape index (κ2) is 9.52. The normalized spacial score (nSPS) is 11.8. The number of carbonyl (C=O) groups is 1. The topological polar surface area (TPSA) is 136 Å². The van der Waals surface area contributed by atoms with Crippen LogP contribution in [0.4, 0.5) is 30.4 Å². The van der Waals surface area contributed by atoms with Crippen LogP contribution in [0.15, 0.2) is 63.6 Å². The summed E-state index contributed by atoms with van der Waals surface area (Å²) in [6, 6.07) is 10.7. The van der Waals surface area contributed by atoms with Crippen LogP contribution in [0.3, 0.4) is 0 Å². The second-order valence-corrected chi connectivity index (χ2v) is 7.37. The molecule has 2 aromatic heterocycles. The number of hydrogen-bond acceptors (Lipinski definition) is 8. The molecule has 4 aromatic rings. The number of ether oxygens (including phenoxy) is 2. The molecule has 10 nitrogen and oxygen atoms in total. The number of nitrogens with one attached hydrogen (secondary N) is 1. The molecule has 0 bridgehead atoms. The Kier molecular flexibility index (Phi) is 6.47. The molecule has 0 saturated carbocycles. The van der Waals surface area contributed by atoms with Crippen LogP contribution < -0.4 is 16.0 Å². The molecular weight excluding hydrogens is 481 g/mol. The van der Waals surface area contributed by atoms with Crippen molar-refractivity contribution in [1.82, 2.24) is 14.6 Å². The molecule has 13 heteroatoms. The smallest absolute Gasteiger partial charge is 0.416 e. The standard InChI is InChI=1S/C23H19F3N6O4/c1-3-36-22(34)16-17(12-7-9-15(35-2)10-8-12)28-20-18(21(33)31-32(20)19(16)27)30-29-14-6-4-5-13(11-14)23(24,25)26/h4-11H,3,27H2,1-2H3,(H,31,33). The first-order chi connectivity index (χ1) is 17.1. The first kappa shape index (κ1) is 24.4. The molecule has 0 aliphatic carbocycles. The van der Waals surface area contributed by atoms with Gasteiger partial charge in [-0.05, 0) is 49.4 Å². The summed E-state index contributed by atoms with van der Waals surface area (Å²) in [6.07, 6.45) is -4.57. The van der Waals surface area contributed by atoms with Crippen molar-refractivity contribution in [2.45, 2.75) is 13.1 Å². The van der Waals surface area contributed by atoms with Gasteiger partial charge in [0, 0.05) is 5.56 Å². The van der Waals surface area contributed by atoms with E-state index in [1.54, 1.807) is 31.2 Å². The predicted molar refractivity (Wildman–Crippen MR) is 124 cm³/mol. The minimum absolute atomic E-state index is 0.0665. The molecule has 2 heterocycles. The maximum absolute atomic E-state index is 13.0. The number of alkyl halides is 3. The van der Waals surface area contributed by atoms with E-state index >= 15 is 0 Å². The Bertz CT molecular complexity index is 1520. The first-order valence-corrected chi connectivity index (χ1v) is 10.5. The van der Waals surface area contributed by atoms with E-state index in [1.165, 1.54) is 19.2 Å². The number of benzene rings is 2. The van der Waals surface area contributed by atoms with Crippen molar-refractivity contribution in [3.8, 4) is 17.0 Å². The number of halogens is 3. The molecule has 2 aromatic carbocycles. The predicted octanol–water partition coefficient (Wildman–Crippen LogP) is 4.89. The van der Waals surface area contributed by atoms with Gasteiger partial charge in [0.1, 0.15) is 17.1 Å². The van der Waals surface area contributed by atoms with Crippen LogP contribution in [0.2, 0.25) is 0 Å². The number of fused-ring (bicyclic) bond motifs is 1. The van der Waals surface area contributed by atoms with Gasteiger partial charge in [-0.25, -0.2) is 14.3 Å². The van der Waals surface area contributed by atoms with Crippen LogP contribution in [0.5, 0.6) is 5.75 Å². The average molecular weight is 500 g/mol. The van der Waals surface area contributed by atoms with Crippen molar-refractivity contribution in [2.24, 2.45) is 10.2 Å². The van der Waals surface area contributed by atoms with Crippen LogP contribution >= 0.6 is 0 Å². The van der Waals surface area contributed by atoms with Crippen molar-refractivity contribution < 1.29 is 27.4 Å². The Labute approximate surface area is 201 Å². The zero-order valence-corrected chi connectivity index (χ0v) is 19.0. The number of carbonyl (C=O) groups excluding carboxylic acids is 1. The number of esters is 1. The molecule has 0 saturated heterocycles. The van der Waals surface area contributed by atoms with Gasteiger partial charge in [0.2, 0.25) is 0 Å². The third-order valence-corrected chi connectivity index (χ3v) is 5.09. The number of azo groups is 1. The van der Waals surface area contributed by atoms with E-state index in [9.17, 15) is 22.8 Å². The van der Waals surface area contributed by atoms with Crippen molar-refractivity contribution in [1.29, 1.82) is 0 Å². The van der Waals surface area contributed by atoms with Crippen molar-refractivity contribution in [3.05, 3.63) is 70.0 Å². The van der Waals surface area contributed by atoms with Crippen LogP contribution in [0.1, 0.15) is 22.8 Å². The van der Waals surface area contributed by atoms with E-state index in [0.717, 1.165) is 16.6 Å². The number of aromatic amines is 1. The maximum atomic E-state index is 13.0. The third kappa shape index (κ3) is 4.62. The van der Waals surface area contributed by atoms with E-state index in [-0.39, 0.29) is 40.7 Å². The number of anilines is 1. The molecule has 0 radical (unpaired) electrons. The van der Waals surface area contributed by atoms with Gasteiger partial charge < -0.3 is 15.2 Å². The number of hydrogen-bond donors (Lipinski definition) is 2. The minimum Gasteiger partial charge on any atom is -0.497 e. The molecular formula is C23H19F3N6O4. The van der Waals surface area contributed by atoms with Gasteiger partial charge in [-0.2, -0.15) is 18.3 Å². The summed E-state index contributed by atoms with van der Waals surface area (Å²) >= 11 is 0. The Balaban J connectivity index is 1.89. The number of aromatic nitrogens is 3. The number of nitrogen functional groups attached to an aromatic ring is 1. The highest BCUT2D eigenvalue weighted by Crippen LogP contribution is 2.33. The Hall–Kier alpha value is -4.68. The van der Waals surface area contributed by atoms with E-state index < -0.39 is 23.3 Å². The summed E-state index contributed by atoms with van der Waals surface area (Å²) in [6.45, 7) is 1.69. The molecule has 4 rings (SSSR count). The lowest BCUT2D eigenvalue weighted by atomic mass is 10.1. The van der Waals surface area contributed by atoms with E-state index in [4.69, 9.17) is 15.2 Å². The van der Waals surface area contributed by atoms with Gasteiger partial charge in [0.05, 0.1) is 30.7 Å². The highest BCUT2D eigenvalue weighted by Gasteiger charge is 2.30. The van der Waals surface area contributed by atoms with Crippen LogP contribution in [0.25, 0.3) is 16.9 Å². The fourth-order valence-corrected chi connectivity index (χ4v) is 3.39. The quantitative estimate of drug-likeness (QED) is 0.286. The van der Waals surface area contributed by atoms with Gasteiger partial charge >= 0.3 is 12.1 Å². The Morgan fingerprint density at radius 1 is 1.17 bits per heavy atom. The Morgan fingerprint density at radius 2 is 1.89 bits per heavy atom. The lowest BCUT2D eigenvalue weighted by Gasteiger charge is -2.13. The first-order valence-electron chi connectivity index (χ1n) is 10.5. The summed E-state index contributed by atoms with van der Waals surface area (Å²) in [4.78, 5) is 29.8. The van der Waals surface area contributed by atoms with E-state index in [1.807, 2.05) is 0 Å². The number of nitrogens with two attached hydrogens (primary N) is 1. The summed E-state index contributed by atoms with van der Waals surface area (Å²) in [7, 11) is 1.50. The fraction of sp³-hybridized carbons (Fsp3) is 0.174. The molecule has 0 unspecified atom stereocenters. The van der Waals surface area contributed by atoms with Crippen molar-refractivity contribution in [2.75, 3.05) is 19.5 Å². The van der Waals surface area contributed by atoms with Gasteiger partial charge in [-0.3, -0.25) is 9.89 Å². The molecule has 0 fully saturated rings. The number of methoxy groups -OCH3 is 1.